The van der Waals surface area contributed by atoms with Crippen LogP contribution in [0.2, 0.25) is 0 Å². The average Bonchev–Trinajstić information content (AvgIpc) is 3.47. The van der Waals surface area contributed by atoms with Crippen molar-refractivity contribution in [2.45, 2.75) is 64.7 Å². The molecule has 174 valence electrons. The monoisotopic (exact) mass is 438 g/mol. The first kappa shape index (κ1) is 22.7. The molecule has 0 heterocycles. The van der Waals surface area contributed by atoms with E-state index in [0.29, 0.717) is 29.6 Å². The summed E-state index contributed by atoms with van der Waals surface area (Å²) in [7, 11) is 0. The molecule has 0 spiro atoms. The van der Waals surface area contributed by atoms with Crippen molar-refractivity contribution in [1.82, 2.24) is 0 Å². The van der Waals surface area contributed by atoms with Crippen molar-refractivity contribution in [2.75, 3.05) is 0 Å². The van der Waals surface area contributed by atoms with Gasteiger partial charge in [-0.1, -0.05) is 113 Å². The van der Waals surface area contributed by atoms with Crippen LogP contribution < -0.4 is 0 Å². The molecule has 0 radical (unpaired) electrons. The standard InChI is InChI=1S/C33H42/c1-5-6-22-33(25-16-10-11-17-25,24-14-8-7-9-15-24)31-29-19-13-12-18-27(29)28-21-20-26(23-30(28)31)32(2,3)4/h5,7-9,12-15,18-21,23,25,27-31H,1,6,10-11,16-17,22H2,2-4H3. The number of rotatable bonds is 6. The molecule has 0 N–H and O–H groups in total. The fourth-order valence-corrected chi connectivity index (χ4v) is 8.02. The van der Waals surface area contributed by atoms with Gasteiger partial charge < -0.3 is 0 Å². The van der Waals surface area contributed by atoms with Crippen molar-refractivity contribution < 1.29 is 0 Å². The molecule has 0 nitrogen and oxygen atoms in total. The maximum atomic E-state index is 4.17. The largest absolute Gasteiger partial charge is 0.103 e. The molecule has 6 atom stereocenters. The summed E-state index contributed by atoms with van der Waals surface area (Å²) in [6.45, 7) is 11.3. The zero-order valence-electron chi connectivity index (χ0n) is 20.9. The van der Waals surface area contributed by atoms with E-state index in [1.165, 1.54) is 37.7 Å². The van der Waals surface area contributed by atoms with Gasteiger partial charge in [0.2, 0.25) is 0 Å². The topological polar surface area (TPSA) is 0 Å². The van der Waals surface area contributed by atoms with E-state index in [0.717, 1.165) is 12.3 Å². The Morgan fingerprint density at radius 2 is 1.55 bits per heavy atom. The van der Waals surface area contributed by atoms with Crippen molar-refractivity contribution in [3.8, 4) is 0 Å². The maximum Gasteiger partial charge on any atom is 0.00240 e. The molecule has 33 heavy (non-hydrogen) atoms. The molecule has 1 aromatic carbocycles. The molecule has 0 bridgehead atoms. The third-order valence-electron chi connectivity index (χ3n) is 9.43. The van der Waals surface area contributed by atoms with Gasteiger partial charge in [-0.3, -0.25) is 0 Å². The van der Waals surface area contributed by atoms with Gasteiger partial charge in [-0.05, 0) is 77.7 Å². The fourth-order valence-electron chi connectivity index (χ4n) is 8.02. The van der Waals surface area contributed by atoms with E-state index in [1.807, 2.05) is 0 Å². The van der Waals surface area contributed by atoms with Crippen LogP contribution >= 0.6 is 0 Å². The Labute approximate surface area is 202 Å². The number of hydrogen-bond acceptors (Lipinski definition) is 0. The van der Waals surface area contributed by atoms with Crippen LogP contribution in [0, 0.1) is 40.9 Å². The summed E-state index contributed by atoms with van der Waals surface area (Å²) in [6, 6.07) is 11.7. The van der Waals surface area contributed by atoms with Crippen molar-refractivity contribution >= 4 is 0 Å². The van der Waals surface area contributed by atoms with E-state index in [1.54, 1.807) is 5.56 Å². The third-order valence-corrected chi connectivity index (χ3v) is 9.43. The summed E-state index contributed by atoms with van der Waals surface area (Å²) in [5, 5.41) is 0. The van der Waals surface area contributed by atoms with Gasteiger partial charge >= 0.3 is 0 Å². The molecule has 6 unspecified atom stereocenters. The van der Waals surface area contributed by atoms with Gasteiger partial charge in [-0.2, -0.15) is 0 Å². The van der Waals surface area contributed by atoms with Crippen LogP contribution in [0.15, 0.2) is 91.1 Å². The fraction of sp³-hybridized carbons (Fsp3) is 0.515. The van der Waals surface area contributed by atoms with Gasteiger partial charge in [0.1, 0.15) is 0 Å². The molecule has 0 aliphatic heterocycles. The Hall–Kier alpha value is -2.08. The first-order valence-corrected chi connectivity index (χ1v) is 13.4. The van der Waals surface area contributed by atoms with Crippen LogP contribution in [-0.4, -0.2) is 0 Å². The highest BCUT2D eigenvalue weighted by Gasteiger charge is 2.59. The minimum Gasteiger partial charge on any atom is -0.103 e. The summed E-state index contributed by atoms with van der Waals surface area (Å²) in [5.41, 5.74) is 3.51. The summed E-state index contributed by atoms with van der Waals surface area (Å²) in [4.78, 5) is 0. The Bertz CT molecular complexity index is 959. The van der Waals surface area contributed by atoms with Gasteiger partial charge in [0.15, 0.2) is 0 Å². The smallest absolute Gasteiger partial charge is 0.00240 e. The zero-order valence-corrected chi connectivity index (χ0v) is 20.9. The summed E-state index contributed by atoms with van der Waals surface area (Å²) >= 11 is 0. The maximum absolute atomic E-state index is 4.17. The van der Waals surface area contributed by atoms with E-state index in [4.69, 9.17) is 0 Å². The van der Waals surface area contributed by atoms with Crippen molar-refractivity contribution in [2.24, 2.45) is 40.9 Å². The highest BCUT2D eigenvalue weighted by molar-refractivity contribution is 5.40. The highest BCUT2D eigenvalue weighted by Crippen LogP contribution is 2.63. The minimum absolute atomic E-state index is 0.190. The third kappa shape index (κ3) is 3.84. The van der Waals surface area contributed by atoms with E-state index in [9.17, 15) is 0 Å². The van der Waals surface area contributed by atoms with Gasteiger partial charge in [0, 0.05) is 5.41 Å². The Balaban J connectivity index is 1.72. The normalized spacial score (nSPS) is 32.8. The molecule has 0 aromatic heterocycles. The number of fused-ring (bicyclic) bond motifs is 3. The van der Waals surface area contributed by atoms with Crippen molar-refractivity contribution in [1.29, 1.82) is 0 Å². The highest BCUT2D eigenvalue weighted by atomic mass is 14.6. The molecule has 0 saturated heterocycles. The van der Waals surface area contributed by atoms with E-state index < -0.39 is 0 Å². The van der Waals surface area contributed by atoms with Crippen LogP contribution in [0.1, 0.15) is 64.9 Å². The van der Waals surface area contributed by atoms with E-state index >= 15 is 0 Å². The molecular weight excluding hydrogens is 396 g/mol. The first-order valence-electron chi connectivity index (χ1n) is 13.4. The molecule has 0 heteroatoms. The van der Waals surface area contributed by atoms with Gasteiger partial charge in [0.25, 0.3) is 0 Å². The summed E-state index contributed by atoms with van der Waals surface area (Å²) in [5.74, 6) is 3.82. The summed E-state index contributed by atoms with van der Waals surface area (Å²) < 4.78 is 0. The predicted octanol–water partition coefficient (Wildman–Crippen LogP) is 8.84. The second-order valence-corrected chi connectivity index (χ2v) is 12.1. The number of benzene rings is 1. The molecule has 2 saturated carbocycles. The van der Waals surface area contributed by atoms with Crippen LogP contribution in [0.25, 0.3) is 0 Å². The lowest BCUT2D eigenvalue weighted by Gasteiger charge is -2.50. The summed E-state index contributed by atoms with van der Waals surface area (Å²) in [6.07, 6.45) is 27.5. The quantitative estimate of drug-likeness (QED) is 0.389. The minimum atomic E-state index is 0.190. The van der Waals surface area contributed by atoms with Gasteiger partial charge in [-0.25, -0.2) is 0 Å². The van der Waals surface area contributed by atoms with Crippen LogP contribution in [0.5, 0.6) is 0 Å². The Morgan fingerprint density at radius 3 is 2.21 bits per heavy atom. The van der Waals surface area contributed by atoms with Crippen molar-refractivity contribution in [3.05, 3.63) is 96.7 Å². The molecule has 4 aliphatic rings. The Kier molecular flexibility index (Phi) is 6.15. The number of allylic oxidation sites excluding steroid dienone is 9. The molecule has 2 fully saturated rings. The molecular formula is C33H42. The lowest BCUT2D eigenvalue weighted by atomic mass is 9.54. The number of hydrogen-bond donors (Lipinski definition) is 0. The second kappa shape index (κ2) is 8.94. The van der Waals surface area contributed by atoms with Crippen LogP contribution in [0.4, 0.5) is 0 Å². The molecule has 5 rings (SSSR count). The SMILES string of the molecule is C=CCCC(c1ccccc1)(C1CCCC1)C1C2C=CC=CC2C2C=CC(C(C)(C)C)=CC21. The average molecular weight is 439 g/mol. The van der Waals surface area contributed by atoms with Gasteiger partial charge in [-0.15, -0.1) is 6.58 Å². The Morgan fingerprint density at radius 1 is 0.879 bits per heavy atom. The lowest BCUT2D eigenvalue weighted by molar-refractivity contribution is 0.109. The van der Waals surface area contributed by atoms with E-state index in [-0.39, 0.29) is 10.8 Å². The van der Waals surface area contributed by atoms with Crippen LogP contribution in [0.3, 0.4) is 0 Å². The predicted molar refractivity (Wildman–Crippen MR) is 142 cm³/mol. The molecule has 4 aliphatic carbocycles. The first-order chi connectivity index (χ1) is 16.0. The lowest BCUT2D eigenvalue weighted by Crippen LogP contribution is -2.46. The van der Waals surface area contributed by atoms with Crippen molar-refractivity contribution in [3.63, 3.8) is 0 Å². The molecule has 1 aromatic rings. The zero-order chi connectivity index (χ0) is 23.1. The van der Waals surface area contributed by atoms with Gasteiger partial charge in [0.05, 0.1) is 0 Å². The van der Waals surface area contributed by atoms with Crippen LogP contribution in [-0.2, 0) is 5.41 Å². The second-order valence-electron chi connectivity index (χ2n) is 12.1. The van der Waals surface area contributed by atoms with E-state index in [2.05, 4.69) is 106 Å². The molecule has 0 amide bonds.